The van der Waals surface area contributed by atoms with E-state index in [4.69, 9.17) is 0 Å². The van der Waals surface area contributed by atoms with E-state index in [2.05, 4.69) is 27.7 Å². The maximum absolute atomic E-state index is 11.8. The van der Waals surface area contributed by atoms with Crippen LogP contribution in [0, 0.1) is 6.92 Å². The first-order chi connectivity index (χ1) is 8.66. The van der Waals surface area contributed by atoms with Crippen molar-refractivity contribution in [2.75, 3.05) is 0 Å². The second-order valence-corrected chi connectivity index (χ2v) is 4.40. The van der Waals surface area contributed by atoms with Crippen molar-refractivity contribution >= 4 is 23.5 Å². The van der Waals surface area contributed by atoms with E-state index in [1.807, 2.05) is 18.2 Å². The number of para-hydroxylation sites is 1. The smallest absolute Gasteiger partial charge is 0.267 e. The third-order valence-corrected chi connectivity index (χ3v) is 3.00. The molecule has 2 aromatic heterocycles. The van der Waals surface area contributed by atoms with Gasteiger partial charge < -0.3 is 0 Å². The van der Waals surface area contributed by atoms with Crippen molar-refractivity contribution in [2.24, 2.45) is 0 Å². The summed E-state index contributed by atoms with van der Waals surface area (Å²) >= 11 is 4.32. The molecule has 0 aliphatic heterocycles. The second kappa shape index (κ2) is 3.99. The van der Waals surface area contributed by atoms with E-state index in [1.165, 1.54) is 0 Å². The van der Waals surface area contributed by atoms with Crippen LogP contribution in [-0.4, -0.2) is 19.7 Å². The minimum atomic E-state index is -0.144. The molecule has 0 atom stereocenters. The molecule has 0 saturated carbocycles. The fourth-order valence-electron chi connectivity index (χ4n) is 1.87. The van der Waals surface area contributed by atoms with Crippen LogP contribution < -0.4 is 5.56 Å². The van der Waals surface area contributed by atoms with Gasteiger partial charge in [-0.3, -0.25) is 9.89 Å². The van der Waals surface area contributed by atoms with Crippen LogP contribution in [0.3, 0.4) is 0 Å². The predicted molar refractivity (Wildman–Crippen MR) is 71.5 cm³/mol. The molecule has 0 radical (unpaired) electrons. The molecule has 3 rings (SSSR count). The Morgan fingerprint density at radius 3 is 2.94 bits per heavy atom. The van der Waals surface area contributed by atoms with Gasteiger partial charge >= 0.3 is 0 Å². The fourth-order valence-corrected chi connectivity index (χ4v) is 2.07. The van der Waals surface area contributed by atoms with Crippen molar-refractivity contribution in [3.8, 4) is 5.82 Å². The number of benzene rings is 1. The van der Waals surface area contributed by atoms with Crippen molar-refractivity contribution in [1.82, 2.24) is 19.7 Å². The monoisotopic (exact) mass is 258 g/mol. The summed E-state index contributed by atoms with van der Waals surface area (Å²) in [6.45, 7) is 1.79. The molecule has 18 heavy (non-hydrogen) atoms. The minimum Gasteiger partial charge on any atom is -0.267 e. The molecular weight excluding hydrogens is 248 g/mol. The fraction of sp³-hybridized carbons (Fsp3) is 0.0833. The Labute approximate surface area is 108 Å². The molecule has 0 spiro atoms. The zero-order valence-corrected chi connectivity index (χ0v) is 10.5. The summed E-state index contributed by atoms with van der Waals surface area (Å²) < 4.78 is 1.63. The third-order valence-electron chi connectivity index (χ3n) is 2.69. The number of aromatic nitrogens is 4. The van der Waals surface area contributed by atoms with Gasteiger partial charge in [-0.15, -0.1) is 12.6 Å². The van der Waals surface area contributed by atoms with E-state index < -0.39 is 0 Å². The quantitative estimate of drug-likeness (QED) is 0.653. The maximum atomic E-state index is 11.8. The van der Waals surface area contributed by atoms with Gasteiger partial charge in [0.15, 0.2) is 5.82 Å². The first-order valence-electron chi connectivity index (χ1n) is 5.39. The van der Waals surface area contributed by atoms with E-state index in [1.54, 1.807) is 23.9 Å². The number of hydrogen-bond donors (Lipinski definition) is 2. The largest absolute Gasteiger partial charge is 0.272 e. The number of thiol groups is 1. The highest BCUT2D eigenvalue weighted by Gasteiger charge is 2.11. The minimum absolute atomic E-state index is 0.144. The van der Waals surface area contributed by atoms with Gasteiger partial charge in [0.2, 0.25) is 0 Å². The lowest BCUT2D eigenvalue weighted by Gasteiger charge is -2.06. The molecule has 1 N–H and O–H groups in total. The molecular formula is C12H10N4OS. The topological polar surface area (TPSA) is 63.6 Å². The standard InChI is InChI=1S/C12H10N4OS/c1-7-13-6-10(18)11(14-7)16-9-5-3-2-4-8(9)12(17)15-16/h2-6,18H,1H3,(H,15,17). The van der Waals surface area contributed by atoms with Crippen LogP contribution in [0.15, 0.2) is 40.2 Å². The first kappa shape index (κ1) is 11.0. The third kappa shape index (κ3) is 1.62. The highest BCUT2D eigenvalue weighted by atomic mass is 32.1. The van der Waals surface area contributed by atoms with Gasteiger partial charge in [-0.1, -0.05) is 12.1 Å². The maximum Gasteiger partial charge on any atom is 0.272 e. The van der Waals surface area contributed by atoms with Crippen molar-refractivity contribution in [3.63, 3.8) is 0 Å². The van der Waals surface area contributed by atoms with Gasteiger partial charge in [0, 0.05) is 6.20 Å². The zero-order chi connectivity index (χ0) is 12.7. The summed E-state index contributed by atoms with van der Waals surface area (Å²) in [6, 6.07) is 7.34. The van der Waals surface area contributed by atoms with Crippen molar-refractivity contribution in [3.05, 3.63) is 46.6 Å². The lowest BCUT2D eigenvalue weighted by atomic mass is 10.2. The van der Waals surface area contributed by atoms with Crippen LogP contribution in [-0.2, 0) is 0 Å². The number of hydrogen-bond acceptors (Lipinski definition) is 4. The highest BCUT2D eigenvalue weighted by Crippen LogP contribution is 2.18. The molecule has 3 aromatic rings. The van der Waals surface area contributed by atoms with E-state index in [9.17, 15) is 4.79 Å². The molecule has 0 amide bonds. The van der Waals surface area contributed by atoms with Crippen molar-refractivity contribution in [1.29, 1.82) is 0 Å². The Balaban J connectivity index is 2.39. The summed E-state index contributed by atoms with van der Waals surface area (Å²) in [4.78, 5) is 20.8. The molecule has 6 heteroatoms. The normalized spacial score (nSPS) is 11.0. The Morgan fingerprint density at radius 1 is 1.33 bits per heavy atom. The molecule has 0 unspecified atom stereocenters. The Hall–Kier alpha value is -2.08. The molecule has 0 aliphatic rings. The van der Waals surface area contributed by atoms with E-state index in [0.29, 0.717) is 21.9 Å². The molecule has 90 valence electrons. The number of aryl methyl sites for hydroxylation is 1. The predicted octanol–water partition coefficient (Wildman–Crippen LogP) is 1.71. The lowest BCUT2D eigenvalue weighted by molar-refractivity contribution is 0.814. The van der Waals surface area contributed by atoms with Gasteiger partial charge in [0.25, 0.3) is 5.56 Å². The first-order valence-corrected chi connectivity index (χ1v) is 5.84. The molecule has 0 aliphatic carbocycles. The Kier molecular flexibility index (Phi) is 2.45. The molecule has 5 nitrogen and oxygen atoms in total. The van der Waals surface area contributed by atoms with Crippen LogP contribution in [0.25, 0.3) is 16.7 Å². The van der Waals surface area contributed by atoms with Crippen LogP contribution >= 0.6 is 12.6 Å². The number of aromatic amines is 1. The molecule has 0 bridgehead atoms. The highest BCUT2D eigenvalue weighted by molar-refractivity contribution is 7.80. The zero-order valence-electron chi connectivity index (χ0n) is 9.58. The molecule has 0 saturated heterocycles. The van der Waals surface area contributed by atoms with Crippen LogP contribution in [0.1, 0.15) is 5.82 Å². The Morgan fingerprint density at radius 2 is 2.11 bits per heavy atom. The number of H-pyrrole nitrogens is 1. The summed E-state index contributed by atoms with van der Waals surface area (Å²) in [5.74, 6) is 1.20. The average Bonchev–Trinajstić information content (AvgIpc) is 2.71. The molecule has 2 heterocycles. The van der Waals surface area contributed by atoms with Crippen molar-refractivity contribution in [2.45, 2.75) is 11.8 Å². The SMILES string of the molecule is Cc1ncc(S)c(-n2[nH]c(=O)c3ccccc32)n1. The number of nitrogens with one attached hydrogen (secondary N) is 1. The van der Waals surface area contributed by atoms with Gasteiger partial charge in [0.1, 0.15) is 5.82 Å². The van der Waals surface area contributed by atoms with Gasteiger partial charge in [0.05, 0.1) is 15.8 Å². The van der Waals surface area contributed by atoms with Gasteiger partial charge in [-0.25, -0.2) is 14.6 Å². The van der Waals surface area contributed by atoms with E-state index >= 15 is 0 Å². The van der Waals surface area contributed by atoms with Crippen molar-refractivity contribution < 1.29 is 0 Å². The van der Waals surface area contributed by atoms with Crippen LogP contribution in [0.4, 0.5) is 0 Å². The second-order valence-electron chi connectivity index (χ2n) is 3.92. The summed E-state index contributed by atoms with van der Waals surface area (Å²) in [6.07, 6.45) is 1.62. The number of fused-ring (bicyclic) bond motifs is 1. The summed E-state index contributed by atoms with van der Waals surface area (Å²) in [7, 11) is 0. The molecule has 1 aromatic carbocycles. The van der Waals surface area contributed by atoms with Crippen LogP contribution in [0.5, 0.6) is 0 Å². The number of nitrogens with zero attached hydrogens (tertiary/aromatic N) is 3. The van der Waals surface area contributed by atoms with E-state index in [0.717, 1.165) is 5.52 Å². The lowest BCUT2D eigenvalue weighted by Crippen LogP contribution is -2.07. The molecule has 0 fully saturated rings. The number of rotatable bonds is 1. The van der Waals surface area contributed by atoms with Gasteiger partial charge in [-0.2, -0.15) is 0 Å². The average molecular weight is 258 g/mol. The van der Waals surface area contributed by atoms with Gasteiger partial charge in [-0.05, 0) is 19.1 Å². The van der Waals surface area contributed by atoms with E-state index in [-0.39, 0.29) is 5.56 Å². The van der Waals surface area contributed by atoms with Crippen LogP contribution in [0.2, 0.25) is 0 Å². The Bertz CT molecular complexity index is 790. The summed E-state index contributed by atoms with van der Waals surface area (Å²) in [5, 5.41) is 3.39. The summed E-state index contributed by atoms with van der Waals surface area (Å²) in [5.41, 5.74) is 0.630.